The molecule has 0 atom stereocenters. The molecule has 4 nitrogen and oxygen atoms in total. The number of carbonyl (C=O) groups is 1. The van der Waals surface area contributed by atoms with Crippen LogP contribution < -0.4 is 5.32 Å². The summed E-state index contributed by atoms with van der Waals surface area (Å²) in [7, 11) is 0. The number of hydrogen-bond donors (Lipinski definition) is 1. The first-order valence-electron chi connectivity index (χ1n) is 8.10. The fourth-order valence-corrected chi connectivity index (χ4v) is 2.98. The van der Waals surface area contributed by atoms with Crippen molar-refractivity contribution in [3.63, 3.8) is 0 Å². The van der Waals surface area contributed by atoms with E-state index in [0.29, 0.717) is 6.54 Å². The number of fused-ring (bicyclic) bond motifs is 1. The molecule has 3 rings (SSSR count). The van der Waals surface area contributed by atoms with Crippen LogP contribution in [0.4, 0.5) is 0 Å². The lowest BCUT2D eigenvalue weighted by atomic mass is 10.1. The zero-order chi connectivity index (χ0) is 16.2. The highest BCUT2D eigenvalue weighted by atomic mass is 16.3. The summed E-state index contributed by atoms with van der Waals surface area (Å²) < 4.78 is 7.43. The minimum Gasteiger partial charge on any atom is -0.467 e. The molecule has 23 heavy (non-hydrogen) atoms. The third kappa shape index (κ3) is 3.02. The Hall–Kier alpha value is -2.49. The van der Waals surface area contributed by atoms with Gasteiger partial charge in [-0.1, -0.05) is 31.5 Å². The topological polar surface area (TPSA) is 47.2 Å². The number of aromatic nitrogens is 1. The first kappa shape index (κ1) is 15.4. The van der Waals surface area contributed by atoms with Crippen molar-refractivity contribution in [1.29, 1.82) is 0 Å². The first-order valence-corrected chi connectivity index (χ1v) is 8.10. The molecule has 0 aliphatic rings. The molecule has 1 aromatic carbocycles. The Bertz CT molecular complexity index is 800. The van der Waals surface area contributed by atoms with Gasteiger partial charge in [0.2, 0.25) is 0 Å². The van der Waals surface area contributed by atoms with Crippen molar-refractivity contribution >= 4 is 16.8 Å². The molecule has 0 bridgehead atoms. The van der Waals surface area contributed by atoms with E-state index in [1.54, 1.807) is 6.26 Å². The van der Waals surface area contributed by atoms with Crippen molar-refractivity contribution in [1.82, 2.24) is 9.88 Å². The summed E-state index contributed by atoms with van der Waals surface area (Å²) >= 11 is 0. The Labute approximate surface area is 136 Å². The maximum absolute atomic E-state index is 12.7. The van der Waals surface area contributed by atoms with E-state index < -0.39 is 0 Å². The van der Waals surface area contributed by atoms with Gasteiger partial charge in [0, 0.05) is 17.4 Å². The number of unbranched alkanes of at least 4 members (excludes halogenated alkanes) is 1. The highest BCUT2D eigenvalue weighted by Crippen LogP contribution is 2.26. The maximum Gasteiger partial charge on any atom is 0.268 e. The summed E-state index contributed by atoms with van der Waals surface area (Å²) in [6, 6.07) is 11.9. The lowest BCUT2D eigenvalue weighted by Gasteiger charge is -2.11. The molecule has 2 aromatic heterocycles. The predicted octanol–water partition coefficient (Wildman–Crippen LogP) is 4.27. The molecule has 0 saturated heterocycles. The van der Waals surface area contributed by atoms with Crippen LogP contribution in [0, 0.1) is 6.92 Å². The molecule has 0 radical (unpaired) electrons. The molecule has 0 fully saturated rings. The van der Waals surface area contributed by atoms with Crippen LogP contribution in [0.3, 0.4) is 0 Å². The van der Waals surface area contributed by atoms with Gasteiger partial charge in [-0.15, -0.1) is 0 Å². The predicted molar refractivity (Wildman–Crippen MR) is 91.5 cm³/mol. The molecule has 0 aliphatic heterocycles. The minimum absolute atomic E-state index is 0.0498. The van der Waals surface area contributed by atoms with E-state index in [1.807, 2.05) is 31.2 Å². The first-order chi connectivity index (χ1) is 11.2. The SMILES string of the molecule is CCCCn1c(C(=O)NCc2ccco2)c(C)c2ccccc21. The van der Waals surface area contributed by atoms with Gasteiger partial charge < -0.3 is 14.3 Å². The molecule has 1 N–H and O–H groups in total. The molecule has 0 spiro atoms. The number of furan rings is 1. The summed E-state index contributed by atoms with van der Waals surface area (Å²) in [5.41, 5.74) is 2.92. The van der Waals surface area contributed by atoms with Gasteiger partial charge in [-0.05, 0) is 37.1 Å². The van der Waals surface area contributed by atoms with E-state index in [1.165, 1.54) is 0 Å². The average Bonchev–Trinajstić information content (AvgIpc) is 3.18. The molecule has 0 aliphatic carbocycles. The molecule has 3 aromatic rings. The van der Waals surface area contributed by atoms with Crippen molar-refractivity contribution < 1.29 is 9.21 Å². The van der Waals surface area contributed by atoms with Crippen molar-refractivity contribution in [2.45, 2.75) is 39.8 Å². The zero-order valence-corrected chi connectivity index (χ0v) is 13.6. The van der Waals surface area contributed by atoms with Crippen LogP contribution in [0.25, 0.3) is 10.9 Å². The van der Waals surface area contributed by atoms with Gasteiger partial charge >= 0.3 is 0 Å². The Morgan fingerprint density at radius 3 is 2.78 bits per heavy atom. The van der Waals surface area contributed by atoms with Crippen LogP contribution in [0.15, 0.2) is 47.1 Å². The fraction of sp³-hybridized carbons (Fsp3) is 0.316. The Kier molecular flexibility index (Phi) is 4.51. The Balaban J connectivity index is 1.94. The number of aryl methyl sites for hydroxylation is 2. The van der Waals surface area contributed by atoms with Gasteiger partial charge in [-0.25, -0.2) is 0 Å². The second kappa shape index (κ2) is 6.73. The number of hydrogen-bond acceptors (Lipinski definition) is 2. The highest BCUT2D eigenvalue weighted by molar-refractivity contribution is 6.01. The van der Waals surface area contributed by atoms with E-state index in [-0.39, 0.29) is 5.91 Å². The second-order valence-electron chi connectivity index (χ2n) is 5.76. The summed E-state index contributed by atoms with van der Waals surface area (Å²) in [4.78, 5) is 12.7. The summed E-state index contributed by atoms with van der Waals surface area (Å²) in [5, 5.41) is 4.11. The van der Waals surface area contributed by atoms with Crippen LogP contribution in [0.5, 0.6) is 0 Å². The third-order valence-electron chi connectivity index (χ3n) is 4.18. The average molecular weight is 310 g/mol. The van der Waals surface area contributed by atoms with E-state index in [2.05, 4.69) is 28.9 Å². The molecule has 120 valence electrons. The number of para-hydroxylation sites is 1. The summed E-state index contributed by atoms with van der Waals surface area (Å²) in [6.45, 7) is 5.44. The lowest BCUT2D eigenvalue weighted by molar-refractivity contribution is 0.0938. The monoisotopic (exact) mass is 310 g/mol. The molecule has 1 amide bonds. The van der Waals surface area contributed by atoms with Gasteiger partial charge in [0.15, 0.2) is 0 Å². The number of nitrogens with one attached hydrogen (secondary N) is 1. The number of amides is 1. The van der Waals surface area contributed by atoms with Gasteiger partial charge in [-0.2, -0.15) is 0 Å². The van der Waals surface area contributed by atoms with E-state index in [4.69, 9.17) is 4.42 Å². The lowest BCUT2D eigenvalue weighted by Crippen LogP contribution is -2.26. The van der Waals surface area contributed by atoms with Crippen LogP contribution in [0.2, 0.25) is 0 Å². The third-order valence-corrected chi connectivity index (χ3v) is 4.18. The highest BCUT2D eigenvalue weighted by Gasteiger charge is 2.19. The van der Waals surface area contributed by atoms with Crippen LogP contribution >= 0.6 is 0 Å². The van der Waals surface area contributed by atoms with Gasteiger partial charge in [0.1, 0.15) is 11.5 Å². The van der Waals surface area contributed by atoms with Gasteiger partial charge in [0.05, 0.1) is 12.8 Å². The van der Waals surface area contributed by atoms with Gasteiger partial charge in [-0.3, -0.25) is 4.79 Å². The quantitative estimate of drug-likeness (QED) is 0.739. The Morgan fingerprint density at radius 1 is 1.22 bits per heavy atom. The van der Waals surface area contributed by atoms with Crippen molar-refractivity contribution in [2.75, 3.05) is 0 Å². The van der Waals surface area contributed by atoms with E-state index in [0.717, 1.165) is 47.3 Å². The molecule has 2 heterocycles. The smallest absolute Gasteiger partial charge is 0.268 e. The molecule has 4 heteroatoms. The van der Waals surface area contributed by atoms with Crippen LogP contribution in [0.1, 0.15) is 41.6 Å². The fourth-order valence-electron chi connectivity index (χ4n) is 2.98. The molecule has 0 unspecified atom stereocenters. The van der Waals surface area contributed by atoms with Crippen molar-refractivity contribution in [3.8, 4) is 0 Å². The number of rotatable bonds is 6. The summed E-state index contributed by atoms with van der Waals surface area (Å²) in [5.74, 6) is 0.707. The normalized spacial score (nSPS) is 11.0. The minimum atomic E-state index is -0.0498. The molecule has 0 saturated carbocycles. The standard InChI is InChI=1S/C19H22N2O2/c1-3-4-11-21-17-10-6-5-9-16(17)14(2)18(21)19(22)20-13-15-8-7-12-23-15/h5-10,12H,3-4,11,13H2,1-2H3,(H,20,22). The van der Waals surface area contributed by atoms with E-state index >= 15 is 0 Å². The molecular formula is C19H22N2O2. The van der Waals surface area contributed by atoms with E-state index in [9.17, 15) is 4.79 Å². The van der Waals surface area contributed by atoms with Crippen LogP contribution in [-0.4, -0.2) is 10.5 Å². The van der Waals surface area contributed by atoms with Crippen molar-refractivity contribution in [2.24, 2.45) is 0 Å². The number of benzene rings is 1. The second-order valence-corrected chi connectivity index (χ2v) is 5.76. The maximum atomic E-state index is 12.7. The van der Waals surface area contributed by atoms with Crippen LogP contribution in [-0.2, 0) is 13.1 Å². The largest absolute Gasteiger partial charge is 0.467 e. The van der Waals surface area contributed by atoms with Gasteiger partial charge in [0.25, 0.3) is 5.91 Å². The molecular weight excluding hydrogens is 288 g/mol. The number of carbonyl (C=O) groups excluding carboxylic acids is 1. The Morgan fingerprint density at radius 2 is 2.04 bits per heavy atom. The zero-order valence-electron chi connectivity index (χ0n) is 13.6. The van der Waals surface area contributed by atoms with Crippen molar-refractivity contribution in [3.05, 3.63) is 59.7 Å². The number of nitrogens with zero attached hydrogens (tertiary/aromatic N) is 1. The summed E-state index contributed by atoms with van der Waals surface area (Å²) in [6.07, 6.45) is 3.76.